The van der Waals surface area contributed by atoms with E-state index in [0.717, 1.165) is 74.0 Å². The van der Waals surface area contributed by atoms with E-state index in [9.17, 15) is 4.79 Å². The van der Waals surface area contributed by atoms with Gasteiger partial charge in [-0.15, -0.1) is 0 Å². The molecule has 8 nitrogen and oxygen atoms in total. The summed E-state index contributed by atoms with van der Waals surface area (Å²) >= 11 is 0. The fourth-order valence-corrected chi connectivity index (χ4v) is 4.83. The minimum Gasteiger partial charge on any atom is -0.493 e. The number of carbonyl (C=O) groups excluding carboxylic acids is 1. The van der Waals surface area contributed by atoms with Crippen molar-refractivity contribution in [3.8, 4) is 11.5 Å². The Kier molecular flexibility index (Phi) is 9.06. The Bertz CT molecular complexity index is 956. The molecule has 2 aliphatic rings. The number of anilines is 3. The van der Waals surface area contributed by atoms with Crippen molar-refractivity contribution in [3.05, 3.63) is 36.7 Å². The molecule has 0 atom stereocenters. The Hall–Kier alpha value is -3.00. The molecule has 4 rings (SSSR count). The summed E-state index contributed by atoms with van der Waals surface area (Å²) in [6.45, 7) is 8.41. The maximum absolute atomic E-state index is 11.5. The number of aromatic nitrogens is 1. The normalized spacial score (nSPS) is 16.8. The molecule has 2 aliphatic heterocycles. The standard InChI is InChI=1S/C27H39N5O3/c1-21(33)32-13-8-22(9-14-32)18-29-24-16-25(20-28-19-24)30-23-6-7-26(34-2)27(17-23)35-15-5-12-31-10-3-4-11-31/h6-7,16-17,19-20,22,29-30H,3-5,8-15,18H2,1-2H3. The van der Waals surface area contributed by atoms with Crippen LogP contribution in [0.25, 0.3) is 0 Å². The van der Waals surface area contributed by atoms with Crippen LogP contribution >= 0.6 is 0 Å². The molecule has 190 valence electrons. The molecule has 0 unspecified atom stereocenters. The lowest BCUT2D eigenvalue weighted by atomic mass is 9.97. The lowest BCUT2D eigenvalue weighted by Crippen LogP contribution is -2.38. The van der Waals surface area contributed by atoms with Crippen LogP contribution in [0.5, 0.6) is 11.5 Å². The van der Waals surface area contributed by atoms with Gasteiger partial charge in [-0.2, -0.15) is 0 Å². The monoisotopic (exact) mass is 481 g/mol. The highest BCUT2D eigenvalue weighted by Gasteiger charge is 2.20. The number of likely N-dealkylation sites (tertiary alicyclic amines) is 2. The van der Waals surface area contributed by atoms with Gasteiger partial charge in [-0.25, -0.2) is 0 Å². The summed E-state index contributed by atoms with van der Waals surface area (Å²) in [7, 11) is 1.67. The fraction of sp³-hybridized carbons (Fsp3) is 0.556. The number of hydrogen-bond donors (Lipinski definition) is 2. The van der Waals surface area contributed by atoms with E-state index in [1.165, 1.54) is 25.9 Å². The van der Waals surface area contributed by atoms with Crippen molar-refractivity contribution >= 4 is 23.0 Å². The van der Waals surface area contributed by atoms with Crippen LogP contribution in [-0.4, -0.2) is 73.7 Å². The van der Waals surface area contributed by atoms with Gasteiger partial charge in [0.2, 0.25) is 5.91 Å². The topological polar surface area (TPSA) is 79.0 Å². The zero-order valence-electron chi connectivity index (χ0n) is 21.1. The SMILES string of the molecule is COc1ccc(Nc2cncc(NCC3CCN(C(C)=O)CC3)c2)cc1OCCCN1CCCC1. The molecule has 2 saturated heterocycles. The van der Waals surface area contributed by atoms with Crippen LogP contribution in [0.4, 0.5) is 17.1 Å². The molecule has 0 aliphatic carbocycles. The van der Waals surface area contributed by atoms with Gasteiger partial charge >= 0.3 is 0 Å². The first kappa shape index (κ1) is 25.1. The summed E-state index contributed by atoms with van der Waals surface area (Å²) in [5.74, 6) is 2.22. The van der Waals surface area contributed by atoms with E-state index in [2.05, 4.69) is 26.6 Å². The van der Waals surface area contributed by atoms with Gasteiger partial charge in [0.15, 0.2) is 11.5 Å². The zero-order chi connectivity index (χ0) is 24.5. The van der Waals surface area contributed by atoms with Gasteiger partial charge in [0.1, 0.15) is 0 Å². The van der Waals surface area contributed by atoms with Gasteiger partial charge in [0.25, 0.3) is 0 Å². The maximum atomic E-state index is 11.5. The van der Waals surface area contributed by atoms with E-state index < -0.39 is 0 Å². The van der Waals surface area contributed by atoms with Gasteiger partial charge in [0, 0.05) is 44.9 Å². The van der Waals surface area contributed by atoms with Crippen LogP contribution in [0, 0.1) is 5.92 Å². The van der Waals surface area contributed by atoms with Crippen molar-refractivity contribution < 1.29 is 14.3 Å². The Morgan fingerprint density at radius 3 is 2.54 bits per heavy atom. The highest BCUT2D eigenvalue weighted by atomic mass is 16.5. The number of rotatable bonds is 11. The number of methoxy groups -OCH3 is 1. The van der Waals surface area contributed by atoms with Crippen LogP contribution in [0.2, 0.25) is 0 Å². The van der Waals surface area contributed by atoms with Gasteiger partial charge in [-0.1, -0.05) is 0 Å². The first-order chi connectivity index (χ1) is 17.1. The number of pyridine rings is 1. The Morgan fingerprint density at radius 1 is 1.03 bits per heavy atom. The number of nitrogens with zero attached hydrogens (tertiary/aromatic N) is 3. The second kappa shape index (κ2) is 12.6. The number of amides is 1. The number of piperidine rings is 1. The third-order valence-electron chi connectivity index (χ3n) is 6.92. The van der Waals surface area contributed by atoms with Crippen LogP contribution < -0.4 is 20.1 Å². The Labute approximate surface area is 209 Å². The second-order valence-corrected chi connectivity index (χ2v) is 9.53. The molecule has 8 heteroatoms. The number of ether oxygens (including phenoxy) is 2. The van der Waals surface area contributed by atoms with Gasteiger partial charge in [-0.3, -0.25) is 9.78 Å². The number of benzene rings is 1. The van der Waals surface area contributed by atoms with Crippen LogP contribution in [0.1, 0.15) is 39.0 Å². The molecule has 0 radical (unpaired) electrons. The van der Waals surface area contributed by atoms with Crippen LogP contribution in [0.15, 0.2) is 36.7 Å². The van der Waals surface area contributed by atoms with Crippen molar-refractivity contribution in [2.24, 2.45) is 5.92 Å². The lowest BCUT2D eigenvalue weighted by Gasteiger charge is -2.31. The van der Waals surface area contributed by atoms with Crippen LogP contribution in [0.3, 0.4) is 0 Å². The molecule has 0 spiro atoms. The average molecular weight is 482 g/mol. The minimum absolute atomic E-state index is 0.175. The first-order valence-corrected chi connectivity index (χ1v) is 12.9. The van der Waals surface area contributed by atoms with E-state index in [1.54, 1.807) is 14.0 Å². The van der Waals surface area contributed by atoms with Crippen molar-refractivity contribution in [1.29, 1.82) is 0 Å². The molecule has 35 heavy (non-hydrogen) atoms. The fourth-order valence-electron chi connectivity index (χ4n) is 4.83. The van der Waals surface area contributed by atoms with E-state index in [1.807, 2.05) is 35.5 Å². The largest absolute Gasteiger partial charge is 0.493 e. The first-order valence-electron chi connectivity index (χ1n) is 12.9. The molecule has 0 bridgehead atoms. The number of carbonyl (C=O) groups is 1. The van der Waals surface area contributed by atoms with Gasteiger partial charge in [0.05, 0.1) is 37.5 Å². The number of nitrogens with one attached hydrogen (secondary N) is 2. The molecule has 1 aromatic heterocycles. The smallest absolute Gasteiger partial charge is 0.219 e. The molecule has 2 aromatic rings. The zero-order valence-corrected chi connectivity index (χ0v) is 21.1. The minimum atomic E-state index is 0.175. The molecule has 2 N–H and O–H groups in total. The van der Waals surface area contributed by atoms with E-state index in [-0.39, 0.29) is 5.91 Å². The summed E-state index contributed by atoms with van der Waals surface area (Å²) in [5.41, 5.74) is 2.82. The maximum Gasteiger partial charge on any atom is 0.219 e. The van der Waals surface area contributed by atoms with Gasteiger partial charge in [-0.05, 0) is 69.3 Å². The molecular weight excluding hydrogens is 442 g/mol. The number of hydrogen-bond acceptors (Lipinski definition) is 7. The van der Waals surface area contributed by atoms with Crippen molar-refractivity contribution in [2.45, 2.75) is 39.0 Å². The molecular formula is C27H39N5O3. The summed E-state index contributed by atoms with van der Waals surface area (Å²) in [4.78, 5) is 20.4. The van der Waals surface area contributed by atoms with Crippen LogP contribution in [-0.2, 0) is 4.79 Å². The van der Waals surface area contributed by atoms with E-state index in [0.29, 0.717) is 12.5 Å². The lowest BCUT2D eigenvalue weighted by molar-refractivity contribution is -0.130. The van der Waals surface area contributed by atoms with Crippen molar-refractivity contribution in [3.63, 3.8) is 0 Å². The van der Waals surface area contributed by atoms with Crippen molar-refractivity contribution in [2.75, 3.05) is 63.6 Å². The quantitative estimate of drug-likeness (QED) is 0.462. The Balaban J connectivity index is 1.28. The molecule has 1 amide bonds. The van der Waals surface area contributed by atoms with Crippen molar-refractivity contribution in [1.82, 2.24) is 14.8 Å². The highest BCUT2D eigenvalue weighted by molar-refractivity contribution is 5.73. The summed E-state index contributed by atoms with van der Waals surface area (Å²) in [6, 6.07) is 7.97. The third-order valence-corrected chi connectivity index (χ3v) is 6.92. The molecule has 0 saturated carbocycles. The van der Waals surface area contributed by atoms with E-state index in [4.69, 9.17) is 9.47 Å². The molecule has 2 fully saturated rings. The summed E-state index contributed by atoms with van der Waals surface area (Å²) in [6.07, 6.45) is 9.36. The Morgan fingerprint density at radius 2 is 1.80 bits per heavy atom. The average Bonchev–Trinajstić information content (AvgIpc) is 3.40. The molecule has 1 aromatic carbocycles. The predicted molar refractivity (Wildman–Crippen MR) is 140 cm³/mol. The second-order valence-electron chi connectivity index (χ2n) is 9.53. The van der Waals surface area contributed by atoms with E-state index >= 15 is 0 Å². The highest BCUT2D eigenvalue weighted by Crippen LogP contribution is 2.32. The molecule has 3 heterocycles. The summed E-state index contributed by atoms with van der Waals surface area (Å²) < 4.78 is 11.6. The predicted octanol–water partition coefficient (Wildman–Crippen LogP) is 4.37. The van der Waals surface area contributed by atoms with Gasteiger partial charge < -0.3 is 29.9 Å². The third kappa shape index (κ3) is 7.49. The summed E-state index contributed by atoms with van der Waals surface area (Å²) in [5, 5.41) is 6.95.